The molecule has 4 heteroatoms. The zero-order valence-corrected chi connectivity index (χ0v) is 9.78. The number of carboxylic acid groups (broad SMARTS) is 1. The fourth-order valence-corrected chi connectivity index (χ4v) is 0.936. The molecule has 15 heavy (non-hydrogen) atoms. The third-order valence-corrected chi connectivity index (χ3v) is 1.75. The third-order valence-electron chi connectivity index (χ3n) is 1.75. The Hall–Kier alpha value is -1.32. The van der Waals surface area contributed by atoms with Crippen LogP contribution in [0.5, 0.6) is 0 Å². The Morgan fingerprint density at radius 3 is 2.20 bits per heavy atom. The molecule has 0 aromatic carbocycles. The first-order valence-corrected chi connectivity index (χ1v) is 4.96. The Morgan fingerprint density at radius 1 is 1.33 bits per heavy atom. The molecule has 1 N–H and O–H groups in total. The number of hydrogen-bond acceptors (Lipinski definition) is 2. The molecule has 4 nitrogen and oxygen atoms in total. The van der Waals surface area contributed by atoms with Crippen LogP contribution in [-0.2, 0) is 9.59 Å². The Labute approximate surface area is 90.6 Å². The molecule has 0 fully saturated rings. The van der Waals surface area contributed by atoms with Crippen LogP contribution in [0.1, 0.15) is 27.7 Å². The molecule has 86 valence electrons. The van der Waals surface area contributed by atoms with Crippen LogP contribution < -0.4 is 0 Å². The molecule has 1 amide bonds. The van der Waals surface area contributed by atoms with Gasteiger partial charge in [-0.15, -0.1) is 0 Å². The van der Waals surface area contributed by atoms with E-state index in [0.717, 1.165) is 0 Å². The zero-order chi connectivity index (χ0) is 12.1. The fourth-order valence-electron chi connectivity index (χ4n) is 0.936. The van der Waals surface area contributed by atoms with Crippen LogP contribution in [0.2, 0.25) is 0 Å². The van der Waals surface area contributed by atoms with Crippen molar-refractivity contribution in [3.63, 3.8) is 0 Å². The number of likely N-dealkylation sites (N-methyl/N-ethyl adjacent to an activating group) is 1. The van der Waals surface area contributed by atoms with Crippen molar-refractivity contribution in [3.8, 4) is 0 Å². The Morgan fingerprint density at radius 2 is 1.87 bits per heavy atom. The minimum Gasteiger partial charge on any atom is -0.480 e. The van der Waals surface area contributed by atoms with E-state index in [4.69, 9.17) is 5.11 Å². The first-order valence-electron chi connectivity index (χ1n) is 4.96. The summed E-state index contributed by atoms with van der Waals surface area (Å²) in [6.45, 7) is 7.84. The molecule has 0 atom stereocenters. The van der Waals surface area contributed by atoms with E-state index in [0.29, 0.717) is 6.54 Å². The van der Waals surface area contributed by atoms with Crippen LogP contribution in [0.25, 0.3) is 0 Å². The largest absolute Gasteiger partial charge is 0.480 e. The molecule has 0 aliphatic heterocycles. The summed E-state index contributed by atoms with van der Waals surface area (Å²) in [5, 5.41) is 8.57. The lowest BCUT2D eigenvalue weighted by atomic mass is 9.96. The van der Waals surface area contributed by atoms with Crippen molar-refractivity contribution in [3.05, 3.63) is 12.2 Å². The first-order chi connectivity index (χ1) is 6.76. The SMILES string of the molecule is CCN(CC(=O)O)C(=O)/C=C/C(C)(C)C. The van der Waals surface area contributed by atoms with Crippen LogP contribution in [-0.4, -0.2) is 35.0 Å². The molecule has 0 aliphatic rings. The quantitative estimate of drug-likeness (QED) is 0.720. The van der Waals surface area contributed by atoms with Gasteiger partial charge in [0.2, 0.25) is 5.91 Å². The number of rotatable bonds is 4. The van der Waals surface area contributed by atoms with Gasteiger partial charge in [0.05, 0.1) is 0 Å². The summed E-state index contributed by atoms with van der Waals surface area (Å²) in [7, 11) is 0. The van der Waals surface area contributed by atoms with E-state index in [2.05, 4.69) is 0 Å². The van der Waals surface area contributed by atoms with E-state index in [-0.39, 0.29) is 17.9 Å². The van der Waals surface area contributed by atoms with Gasteiger partial charge < -0.3 is 10.0 Å². The fraction of sp³-hybridized carbons (Fsp3) is 0.636. The van der Waals surface area contributed by atoms with E-state index in [1.54, 1.807) is 13.0 Å². The number of nitrogens with zero attached hydrogens (tertiary/aromatic N) is 1. The van der Waals surface area contributed by atoms with Crippen molar-refractivity contribution < 1.29 is 14.7 Å². The molecular weight excluding hydrogens is 194 g/mol. The Balaban J connectivity index is 4.41. The highest BCUT2D eigenvalue weighted by molar-refractivity contribution is 5.90. The van der Waals surface area contributed by atoms with Gasteiger partial charge in [-0.1, -0.05) is 26.8 Å². The molecular formula is C11H19NO3. The summed E-state index contributed by atoms with van der Waals surface area (Å²) in [6, 6.07) is 0. The maximum Gasteiger partial charge on any atom is 0.323 e. The van der Waals surface area contributed by atoms with Gasteiger partial charge in [-0.05, 0) is 18.4 Å². The molecule has 0 aromatic rings. The lowest BCUT2D eigenvalue weighted by Crippen LogP contribution is -2.34. The van der Waals surface area contributed by atoms with E-state index in [1.807, 2.05) is 20.8 Å². The lowest BCUT2D eigenvalue weighted by molar-refractivity contribution is -0.142. The number of carboxylic acids is 1. The van der Waals surface area contributed by atoms with Gasteiger partial charge in [0.25, 0.3) is 0 Å². The van der Waals surface area contributed by atoms with Gasteiger partial charge in [-0.3, -0.25) is 9.59 Å². The lowest BCUT2D eigenvalue weighted by Gasteiger charge is -2.17. The number of carbonyl (C=O) groups excluding carboxylic acids is 1. The second kappa shape index (κ2) is 5.53. The van der Waals surface area contributed by atoms with Crippen molar-refractivity contribution >= 4 is 11.9 Å². The van der Waals surface area contributed by atoms with Crippen molar-refractivity contribution in [2.75, 3.05) is 13.1 Å². The smallest absolute Gasteiger partial charge is 0.323 e. The van der Waals surface area contributed by atoms with Gasteiger partial charge in [0.15, 0.2) is 0 Å². The summed E-state index contributed by atoms with van der Waals surface area (Å²) < 4.78 is 0. The van der Waals surface area contributed by atoms with Crippen molar-refractivity contribution in [2.45, 2.75) is 27.7 Å². The summed E-state index contributed by atoms with van der Waals surface area (Å²) in [6.07, 6.45) is 3.21. The van der Waals surface area contributed by atoms with Gasteiger partial charge in [0.1, 0.15) is 6.54 Å². The normalized spacial score (nSPS) is 11.7. The molecule has 0 bridgehead atoms. The Kier molecular flexibility index (Phi) is 5.05. The molecule has 0 unspecified atom stereocenters. The van der Waals surface area contributed by atoms with Gasteiger partial charge in [0, 0.05) is 6.54 Å². The van der Waals surface area contributed by atoms with Gasteiger partial charge >= 0.3 is 5.97 Å². The highest BCUT2D eigenvalue weighted by atomic mass is 16.4. The number of aliphatic carboxylic acids is 1. The predicted molar refractivity (Wildman–Crippen MR) is 58.5 cm³/mol. The summed E-state index contributed by atoms with van der Waals surface area (Å²) >= 11 is 0. The molecule has 0 heterocycles. The average molecular weight is 213 g/mol. The molecule has 0 saturated heterocycles. The average Bonchev–Trinajstić information content (AvgIpc) is 2.08. The van der Waals surface area contributed by atoms with Gasteiger partial charge in [-0.2, -0.15) is 0 Å². The third kappa shape index (κ3) is 6.71. The van der Waals surface area contributed by atoms with Crippen LogP contribution in [0.4, 0.5) is 0 Å². The highest BCUT2D eigenvalue weighted by Crippen LogP contribution is 2.14. The van der Waals surface area contributed by atoms with E-state index >= 15 is 0 Å². The molecule has 0 aliphatic carbocycles. The van der Waals surface area contributed by atoms with E-state index < -0.39 is 5.97 Å². The molecule has 0 radical (unpaired) electrons. The number of hydrogen-bond donors (Lipinski definition) is 1. The van der Waals surface area contributed by atoms with E-state index in [1.165, 1.54) is 11.0 Å². The predicted octanol–water partition coefficient (Wildman–Crippen LogP) is 1.52. The number of carbonyl (C=O) groups is 2. The molecule has 0 spiro atoms. The maximum atomic E-state index is 11.5. The van der Waals surface area contributed by atoms with Crippen LogP contribution in [0.15, 0.2) is 12.2 Å². The minimum absolute atomic E-state index is 0.0711. The zero-order valence-electron chi connectivity index (χ0n) is 9.78. The number of amides is 1. The molecule has 0 rings (SSSR count). The highest BCUT2D eigenvalue weighted by Gasteiger charge is 2.13. The molecule has 0 saturated carbocycles. The summed E-state index contributed by atoms with van der Waals surface area (Å²) in [5.41, 5.74) is -0.0711. The second-order valence-corrected chi connectivity index (χ2v) is 4.45. The summed E-state index contributed by atoms with van der Waals surface area (Å²) in [4.78, 5) is 23.3. The van der Waals surface area contributed by atoms with Gasteiger partial charge in [-0.25, -0.2) is 0 Å². The van der Waals surface area contributed by atoms with Crippen LogP contribution in [0.3, 0.4) is 0 Å². The summed E-state index contributed by atoms with van der Waals surface area (Å²) in [5.74, 6) is -1.25. The monoisotopic (exact) mass is 213 g/mol. The second-order valence-electron chi connectivity index (χ2n) is 4.45. The number of allylic oxidation sites excluding steroid dienone is 1. The first kappa shape index (κ1) is 13.7. The van der Waals surface area contributed by atoms with Crippen LogP contribution in [0, 0.1) is 5.41 Å². The topological polar surface area (TPSA) is 57.6 Å². The van der Waals surface area contributed by atoms with E-state index in [9.17, 15) is 9.59 Å². The van der Waals surface area contributed by atoms with Crippen molar-refractivity contribution in [2.24, 2.45) is 5.41 Å². The Bertz CT molecular complexity index is 263. The molecule has 0 aromatic heterocycles. The maximum absolute atomic E-state index is 11.5. The van der Waals surface area contributed by atoms with Crippen LogP contribution >= 0.6 is 0 Å². The standard InChI is InChI=1S/C11H19NO3/c1-5-12(8-10(14)15)9(13)6-7-11(2,3)4/h6-7H,5,8H2,1-4H3,(H,14,15)/b7-6+. The minimum atomic E-state index is -0.991. The van der Waals surface area contributed by atoms with Crippen molar-refractivity contribution in [1.29, 1.82) is 0 Å². The van der Waals surface area contributed by atoms with Crippen molar-refractivity contribution in [1.82, 2.24) is 4.90 Å².